The first-order chi connectivity index (χ1) is 13.0. The van der Waals surface area contributed by atoms with Gasteiger partial charge in [-0.05, 0) is 67.9 Å². The maximum atomic E-state index is 12.5. The van der Waals surface area contributed by atoms with Crippen molar-refractivity contribution in [3.8, 4) is 5.75 Å². The number of aryl methyl sites for hydroxylation is 1. The van der Waals surface area contributed by atoms with E-state index in [9.17, 15) is 8.42 Å². The molecule has 3 aromatic rings. The molecule has 140 valence electrons. The molecule has 27 heavy (non-hydrogen) atoms. The van der Waals surface area contributed by atoms with Gasteiger partial charge in [-0.3, -0.25) is 4.72 Å². The lowest BCUT2D eigenvalue weighted by atomic mass is 10.2. The van der Waals surface area contributed by atoms with Crippen molar-refractivity contribution >= 4 is 27.2 Å². The average molecular weight is 383 g/mol. The molecule has 0 saturated carbocycles. The van der Waals surface area contributed by atoms with Gasteiger partial charge in [0.1, 0.15) is 11.6 Å². The molecule has 0 saturated heterocycles. The van der Waals surface area contributed by atoms with E-state index in [1.165, 1.54) is 18.3 Å². The van der Waals surface area contributed by atoms with Gasteiger partial charge in [0.15, 0.2) is 0 Å². The number of nitrogens with one attached hydrogen (secondary N) is 2. The zero-order chi connectivity index (χ0) is 19.3. The molecule has 3 rings (SSSR count). The summed E-state index contributed by atoms with van der Waals surface area (Å²) in [5.41, 5.74) is 2.45. The van der Waals surface area contributed by atoms with Gasteiger partial charge in [0.2, 0.25) is 0 Å². The molecule has 0 aliphatic rings. The molecule has 0 unspecified atom stereocenters. The van der Waals surface area contributed by atoms with Gasteiger partial charge in [0.25, 0.3) is 10.0 Å². The Kier molecular flexibility index (Phi) is 5.61. The van der Waals surface area contributed by atoms with Gasteiger partial charge >= 0.3 is 0 Å². The van der Waals surface area contributed by atoms with Crippen LogP contribution in [-0.2, 0) is 10.0 Å². The molecule has 1 aromatic heterocycles. The van der Waals surface area contributed by atoms with E-state index in [1.54, 1.807) is 24.3 Å². The third-order valence-electron chi connectivity index (χ3n) is 3.75. The first kappa shape index (κ1) is 18.7. The summed E-state index contributed by atoms with van der Waals surface area (Å²) in [4.78, 5) is 4.42. The normalized spacial score (nSPS) is 11.0. The Morgan fingerprint density at radius 3 is 2.41 bits per heavy atom. The van der Waals surface area contributed by atoms with Gasteiger partial charge in [0.05, 0.1) is 23.4 Å². The quantitative estimate of drug-likeness (QED) is 0.635. The lowest BCUT2D eigenvalue weighted by Gasteiger charge is -2.10. The third kappa shape index (κ3) is 4.98. The minimum Gasteiger partial charge on any atom is -0.494 e. The van der Waals surface area contributed by atoms with Crippen LogP contribution in [0.15, 0.2) is 71.8 Å². The minimum absolute atomic E-state index is 0.160. The van der Waals surface area contributed by atoms with Crippen LogP contribution in [0.5, 0.6) is 5.75 Å². The third-order valence-corrected chi connectivity index (χ3v) is 5.15. The van der Waals surface area contributed by atoms with Crippen molar-refractivity contribution < 1.29 is 13.2 Å². The summed E-state index contributed by atoms with van der Waals surface area (Å²) >= 11 is 0. The van der Waals surface area contributed by atoms with Crippen LogP contribution in [0.2, 0.25) is 0 Å². The number of benzene rings is 2. The molecule has 0 amide bonds. The van der Waals surface area contributed by atoms with Crippen molar-refractivity contribution in [2.75, 3.05) is 16.6 Å². The van der Waals surface area contributed by atoms with Gasteiger partial charge in [-0.25, -0.2) is 13.4 Å². The zero-order valence-corrected chi connectivity index (χ0v) is 16.0. The molecule has 1 heterocycles. The van der Waals surface area contributed by atoms with Gasteiger partial charge in [-0.15, -0.1) is 0 Å². The van der Waals surface area contributed by atoms with Crippen LogP contribution in [0.3, 0.4) is 0 Å². The predicted octanol–water partition coefficient (Wildman–Crippen LogP) is 4.33. The monoisotopic (exact) mass is 383 g/mol. The number of rotatable bonds is 7. The Hall–Kier alpha value is -3.06. The second-order valence-corrected chi connectivity index (χ2v) is 7.62. The Bertz CT molecular complexity index is 1000. The highest BCUT2D eigenvalue weighted by atomic mass is 32.2. The highest BCUT2D eigenvalue weighted by Crippen LogP contribution is 2.21. The number of pyridine rings is 1. The van der Waals surface area contributed by atoms with Crippen molar-refractivity contribution in [3.63, 3.8) is 0 Å². The van der Waals surface area contributed by atoms with E-state index < -0.39 is 10.0 Å². The smallest absolute Gasteiger partial charge is 0.261 e. The molecule has 0 aliphatic carbocycles. The number of hydrogen-bond donors (Lipinski definition) is 2. The Morgan fingerprint density at radius 1 is 1.00 bits per heavy atom. The van der Waals surface area contributed by atoms with E-state index in [-0.39, 0.29) is 4.90 Å². The number of nitrogens with zero attached hydrogens (tertiary/aromatic N) is 1. The Morgan fingerprint density at radius 2 is 1.78 bits per heavy atom. The van der Waals surface area contributed by atoms with E-state index in [0.29, 0.717) is 23.9 Å². The number of anilines is 3. The van der Waals surface area contributed by atoms with Crippen molar-refractivity contribution in [1.29, 1.82) is 0 Å². The number of aromatic nitrogens is 1. The topological polar surface area (TPSA) is 80.3 Å². The molecular weight excluding hydrogens is 362 g/mol. The summed E-state index contributed by atoms with van der Waals surface area (Å²) in [6, 6.07) is 17.6. The summed E-state index contributed by atoms with van der Waals surface area (Å²) in [5, 5.41) is 3.18. The molecule has 6 nitrogen and oxygen atoms in total. The van der Waals surface area contributed by atoms with E-state index in [0.717, 1.165) is 11.3 Å². The van der Waals surface area contributed by atoms with Crippen molar-refractivity contribution in [3.05, 3.63) is 72.4 Å². The van der Waals surface area contributed by atoms with Gasteiger partial charge in [-0.2, -0.15) is 0 Å². The molecule has 7 heteroatoms. The van der Waals surface area contributed by atoms with Crippen LogP contribution in [0.1, 0.15) is 12.5 Å². The summed E-state index contributed by atoms with van der Waals surface area (Å²) in [5.74, 6) is 1.26. The van der Waals surface area contributed by atoms with Crippen molar-refractivity contribution in [1.82, 2.24) is 4.98 Å². The first-order valence-electron chi connectivity index (χ1n) is 8.52. The van der Waals surface area contributed by atoms with Crippen LogP contribution in [0.4, 0.5) is 17.2 Å². The molecule has 0 aliphatic heterocycles. The highest BCUT2D eigenvalue weighted by Gasteiger charge is 2.14. The van der Waals surface area contributed by atoms with E-state index in [1.807, 2.05) is 38.1 Å². The summed E-state index contributed by atoms with van der Waals surface area (Å²) in [6.07, 6.45) is 1.48. The van der Waals surface area contributed by atoms with Crippen LogP contribution in [0, 0.1) is 6.92 Å². The standard InChI is InChI=1S/C20H21N3O3S/c1-3-26-18-8-10-19(11-9-18)27(24,25)23-17-7-12-20(21-14-17)22-16-6-4-5-15(2)13-16/h4-14,23H,3H2,1-2H3,(H,21,22). The zero-order valence-electron chi connectivity index (χ0n) is 15.1. The number of sulfonamides is 1. The fourth-order valence-corrected chi connectivity index (χ4v) is 3.54. The van der Waals surface area contributed by atoms with E-state index >= 15 is 0 Å². The second kappa shape index (κ2) is 8.09. The lowest BCUT2D eigenvalue weighted by molar-refractivity contribution is 0.340. The molecular formula is C20H21N3O3S. The van der Waals surface area contributed by atoms with Crippen LogP contribution in [0.25, 0.3) is 0 Å². The van der Waals surface area contributed by atoms with Crippen LogP contribution in [-0.4, -0.2) is 20.0 Å². The van der Waals surface area contributed by atoms with Gasteiger partial charge in [0, 0.05) is 5.69 Å². The molecule has 0 fully saturated rings. The van der Waals surface area contributed by atoms with Crippen LogP contribution >= 0.6 is 0 Å². The average Bonchev–Trinajstić information content (AvgIpc) is 2.64. The minimum atomic E-state index is -3.69. The van der Waals surface area contributed by atoms with E-state index in [2.05, 4.69) is 15.0 Å². The molecule has 0 spiro atoms. The molecule has 0 bridgehead atoms. The first-order valence-corrected chi connectivity index (χ1v) is 10.00. The maximum Gasteiger partial charge on any atom is 0.261 e. The van der Waals surface area contributed by atoms with Gasteiger partial charge in [-0.1, -0.05) is 12.1 Å². The highest BCUT2D eigenvalue weighted by molar-refractivity contribution is 7.92. The number of hydrogen-bond acceptors (Lipinski definition) is 5. The molecule has 0 radical (unpaired) electrons. The Balaban J connectivity index is 1.69. The molecule has 0 atom stereocenters. The molecule has 2 N–H and O–H groups in total. The second-order valence-electron chi connectivity index (χ2n) is 5.94. The maximum absolute atomic E-state index is 12.5. The fraction of sp³-hybridized carbons (Fsp3) is 0.150. The number of ether oxygens (including phenoxy) is 1. The van der Waals surface area contributed by atoms with Gasteiger partial charge < -0.3 is 10.1 Å². The largest absolute Gasteiger partial charge is 0.494 e. The van der Waals surface area contributed by atoms with E-state index in [4.69, 9.17) is 4.74 Å². The SMILES string of the molecule is CCOc1ccc(S(=O)(=O)Nc2ccc(Nc3cccc(C)c3)nc2)cc1. The summed E-state index contributed by atoms with van der Waals surface area (Å²) < 4.78 is 32.8. The predicted molar refractivity (Wildman–Crippen MR) is 107 cm³/mol. The Labute approximate surface area is 159 Å². The van der Waals surface area contributed by atoms with Crippen LogP contribution < -0.4 is 14.8 Å². The summed E-state index contributed by atoms with van der Waals surface area (Å²) in [6.45, 7) is 4.41. The lowest BCUT2D eigenvalue weighted by Crippen LogP contribution is -2.13. The summed E-state index contributed by atoms with van der Waals surface area (Å²) in [7, 11) is -3.69. The van der Waals surface area contributed by atoms with Crippen molar-refractivity contribution in [2.24, 2.45) is 0 Å². The molecule has 2 aromatic carbocycles. The van der Waals surface area contributed by atoms with Crippen molar-refractivity contribution in [2.45, 2.75) is 18.7 Å². The fourth-order valence-electron chi connectivity index (χ4n) is 2.49.